The van der Waals surface area contributed by atoms with Crippen molar-refractivity contribution >= 4 is 11.8 Å². The van der Waals surface area contributed by atoms with E-state index in [4.69, 9.17) is 5.73 Å². The number of primary amides is 1. The fraction of sp³-hybridized carbons (Fsp3) is 0.150. The Bertz CT molecular complexity index is 930. The number of hydrogen-bond donors (Lipinski definition) is 2. The molecule has 3 rings (SSSR count). The van der Waals surface area contributed by atoms with Crippen LogP contribution in [0.1, 0.15) is 32.2 Å². The van der Waals surface area contributed by atoms with E-state index in [2.05, 4.69) is 9.97 Å². The van der Waals surface area contributed by atoms with Gasteiger partial charge in [-0.1, -0.05) is 42.5 Å². The van der Waals surface area contributed by atoms with Crippen molar-refractivity contribution in [2.75, 3.05) is 7.05 Å². The highest BCUT2D eigenvalue weighted by atomic mass is 16.2. The second-order valence-corrected chi connectivity index (χ2v) is 6.13. The topological polar surface area (TPSA) is 92.1 Å². The lowest BCUT2D eigenvalue weighted by Gasteiger charge is -2.17. The first-order valence-corrected chi connectivity index (χ1v) is 8.22. The first-order valence-electron chi connectivity index (χ1n) is 8.22. The lowest BCUT2D eigenvalue weighted by Crippen LogP contribution is -2.27. The van der Waals surface area contributed by atoms with E-state index in [0.29, 0.717) is 29.3 Å². The minimum atomic E-state index is -0.492. The van der Waals surface area contributed by atoms with Gasteiger partial charge in [-0.3, -0.25) is 9.59 Å². The van der Waals surface area contributed by atoms with Gasteiger partial charge in [-0.05, 0) is 24.6 Å². The monoisotopic (exact) mass is 348 g/mol. The van der Waals surface area contributed by atoms with E-state index in [-0.39, 0.29) is 5.91 Å². The van der Waals surface area contributed by atoms with Crippen molar-refractivity contribution in [3.8, 4) is 11.3 Å². The van der Waals surface area contributed by atoms with Crippen LogP contribution in [0.4, 0.5) is 0 Å². The maximum atomic E-state index is 12.9. The van der Waals surface area contributed by atoms with Gasteiger partial charge in [-0.2, -0.15) is 0 Å². The highest BCUT2D eigenvalue weighted by molar-refractivity contribution is 5.98. The van der Waals surface area contributed by atoms with Crippen molar-refractivity contribution in [2.24, 2.45) is 5.73 Å². The second-order valence-electron chi connectivity index (χ2n) is 6.13. The largest absolute Gasteiger partial charge is 0.366 e. The molecule has 3 N–H and O–H groups in total. The molecule has 132 valence electrons. The summed E-state index contributed by atoms with van der Waals surface area (Å²) in [7, 11) is 1.76. The van der Waals surface area contributed by atoms with Crippen LogP contribution in [0.15, 0.2) is 54.6 Å². The molecule has 0 aliphatic rings. The van der Waals surface area contributed by atoms with Crippen molar-refractivity contribution in [3.63, 3.8) is 0 Å². The standard InChI is InChI=1S/C20H20N4O2/c1-13-22-17(15-8-10-16(11-9-15)19(21)25)18(23-13)20(26)24(2)12-14-6-4-3-5-7-14/h3-11H,12H2,1-2H3,(H2,21,25)(H,22,23). The Hall–Kier alpha value is -3.41. The first-order chi connectivity index (χ1) is 12.5. The SMILES string of the molecule is Cc1nc(-c2ccc(C(N)=O)cc2)c(C(=O)N(C)Cc2ccccc2)[nH]1. The van der Waals surface area contributed by atoms with E-state index in [1.54, 1.807) is 43.1 Å². The fourth-order valence-electron chi connectivity index (χ4n) is 2.77. The Morgan fingerprint density at radius 1 is 1.08 bits per heavy atom. The molecular formula is C20H20N4O2. The molecule has 26 heavy (non-hydrogen) atoms. The number of H-pyrrole nitrogens is 1. The van der Waals surface area contributed by atoms with E-state index in [0.717, 1.165) is 11.1 Å². The summed E-state index contributed by atoms with van der Waals surface area (Å²) in [4.78, 5) is 33.3. The maximum Gasteiger partial charge on any atom is 0.272 e. The molecule has 6 heteroatoms. The van der Waals surface area contributed by atoms with Crippen molar-refractivity contribution in [3.05, 3.63) is 77.2 Å². The number of rotatable bonds is 5. The molecular weight excluding hydrogens is 328 g/mol. The number of aromatic nitrogens is 2. The molecule has 0 saturated heterocycles. The van der Waals surface area contributed by atoms with Crippen molar-refractivity contribution < 1.29 is 9.59 Å². The van der Waals surface area contributed by atoms with Crippen molar-refractivity contribution in [1.29, 1.82) is 0 Å². The number of aryl methyl sites for hydroxylation is 1. The lowest BCUT2D eigenvalue weighted by molar-refractivity contribution is 0.0780. The summed E-state index contributed by atoms with van der Waals surface area (Å²) in [6.45, 7) is 2.30. The average molecular weight is 348 g/mol. The number of imidazole rings is 1. The van der Waals surface area contributed by atoms with Crippen LogP contribution in [-0.2, 0) is 6.54 Å². The van der Waals surface area contributed by atoms with E-state index < -0.39 is 5.91 Å². The normalized spacial score (nSPS) is 10.5. The van der Waals surface area contributed by atoms with Gasteiger partial charge in [-0.15, -0.1) is 0 Å². The number of carbonyl (C=O) groups is 2. The van der Waals surface area contributed by atoms with Gasteiger partial charge < -0.3 is 15.6 Å². The average Bonchev–Trinajstić information content (AvgIpc) is 3.03. The summed E-state index contributed by atoms with van der Waals surface area (Å²) in [6, 6.07) is 16.5. The highest BCUT2D eigenvalue weighted by Gasteiger charge is 2.21. The summed E-state index contributed by atoms with van der Waals surface area (Å²) in [5, 5.41) is 0. The second kappa shape index (κ2) is 7.23. The molecule has 0 atom stereocenters. The summed E-state index contributed by atoms with van der Waals surface area (Å²) < 4.78 is 0. The van der Waals surface area contributed by atoms with Gasteiger partial charge in [0.25, 0.3) is 5.91 Å². The molecule has 0 aliphatic carbocycles. The van der Waals surface area contributed by atoms with Gasteiger partial charge in [0, 0.05) is 24.7 Å². The minimum Gasteiger partial charge on any atom is -0.366 e. The molecule has 0 fully saturated rings. The Morgan fingerprint density at radius 2 is 1.73 bits per heavy atom. The number of benzene rings is 2. The van der Waals surface area contributed by atoms with Crippen LogP contribution in [0, 0.1) is 6.92 Å². The molecule has 1 aromatic heterocycles. The van der Waals surface area contributed by atoms with Gasteiger partial charge in [0.1, 0.15) is 17.2 Å². The van der Waals surface area contributed by atoms with Crippen LogP contribution in [0.5, 0.6) is 0 Å². The Labute approximate surface area is 151 Å². The molecule has 0 radical (unpaired) electrons. The predicted molar refractivity (Wildman–Crippen MR) is 99.5 cm³/mol. The molecule has 6 nitrogen and oxygen atoms in total. The van der Waals surface area contributed by atoms with Crippen LogP contribution in [0.2, 0.25) is 0 Å². The van der Waals surface area contributed by atoms with Crippen molar-refractivity contribution in [1.82, 2.24) is 14.9 Å². The smallest absolute Gasteiger partial charge is 0.272 e. The van der Waals surface area contributed by atoms with Crippen molar-refractivity contribution in [2.45, 2.75) is 13.5 Å². The lowest BCUT2D eigenvalue weighted by atomic mass is 10.1. The van der Waals surface area contributed by atoms with E-state index in [9.17, 15) is 9.59 Å². The first kappa shape index (κ1) is 17.4. The number of nitrogens with one attached hydrogen (secondary N) is 1. The van der Waals surface area contributed by atoms with Crippen LogP contribution < -0.4 is 5.73 Å². The summed E-state index contributed by atoms with van der Waals surface area (Å²) in [5.41, 5.74) is 8.47. The third-order valence-electron chi connectivity index (χ3n) is 4.09. The van der Waals surface area contributed by atoms with Crippen LogP contribution >= 0.6 is 0 Å². The molecule has 3 aromatic rings. The third kappa shape index (κ3) is 3.64. The molecule has 0 unspecified atom stereocenters. The Kier molecular flexibility index (Phi) is 4.84. The molecule has 1 heterocycles. The molecule has 2 amide bonds. The summed E-state index contributed by atoms with van der Waals surface area (Å²) >= 11 is 0. The predicted octanol–water partition coefficient (Wildman–Crippen LogP) is 2.76. The molecule has 2 aromatic carbocycles. The zero-order chi connectivity index (χ0) is 18.7. The van der Waals surface area contributed by atoms with Gasteiger partial charge in [0.05, 0.1) is 0 Å². The van der Waals surface area contributed by atoms with Crippen LogP contribution in [0.3, 0.4) is 0 Å². The quantitative estimate of drug-likeness (QED) is 0.742. The number of aromatic amines is 1. The van der Waals surface area contributed by atoms with E-state index in [1.807, 2.05) is 30.3 Å². The number of amides is 2. The molecule has 0 aliphatic heterocycles. The minimum absolute atomic E-state index is 0.150. The van der Waals surface area contributed by atoms with E-state index >= 15 is 0 Å². The van der Waals surface area contributed by atoms with Crippen LogP contribution in [-0.4, -0.2) is 33.7 Å². The molecule has 0 spiro atoms. The van der Waals surface area contributed by atoms with Gasteiger partial charge >= 0.3 is 0 Å². The maximum absolute atomic E-state index is 12.9. The number of nitrogens with two attached hydrogens (primary N) is 1. The molecule has 0 bridgehead atoms. The number of carbonyl (C=O) groups excluding carboxylic acids is 2. The van der Waals surface area contributed by atoms with Gasteiger partial charge in [-0.25, -0.2) is 4.98 Å². The molecule has 0 saturated carbocycles. The summed E-state index contributed by atoms with van der Waals surface area (Å²) in [5.74, 6) is 0.00697. The summed E-state index contributed by atoms with van der Waals surface area (Å²) in [6.07, 6.45) is 0. The number of nitrogens with zero attached hydrogens (tertiary/aromatic N) is 2. The Balaban J connectivity index is 1.88. The number of hydrogen-bond acceptors (Lipinski definition) is 3. The fourth-order valence-corrected chi connectivity index (χ4v) is 2.77. The third-order valence-corrected chi connectivity index (χ3v) is 4.09. The van der Waals surface area contributed by atoms with Gasteiger partial charge in [0.15, 0.2) is 0 Å². The Morgan fingerprint density at radius 3 is 2.35 bits per heavy atom. The zero-order valence-electron chi connectivity index (χ0n) is 14.7. The van der Waals surface area contributed by atoms with Crippen LogP contribution in [0.25, 0.3) is 11.3 Å². The van der Waals surface area contributed by atoms with Gasteiger partial charge in [0.2, 0.25) is 5.91 Å². The zero-order valence-corrected chi connectivity index (χ0v) is 14.7. The van der Waals surface area contributed by atoms with E-state index in [1.165, 1.54) is 0 Å². The highest BCUT2D eigenvalue weighted by Crippen LogP contribution is 2.23.